The van der Waals surface area contributed by atoms with Gasteiger partial charge < -0.3 is 4.74 Å². The normalized spacial score (nSPS) is 11.4. The Morgan fingerprint density at radius 2 is 1.75 bits per heavy atom. The Bertz CT molecular complexity index is 697. The molecule has 0 radical (unpaired) electrons. The van der Waals surface area contributed by atoms with Crippen molar-refractivity contribution in [2.75, 3.05) is 0 Å². The molecule has 0 saturated heterocycles. The van der Waals surface area contributed by atoms with E-state index in [1.165, 1.54) is 0 Å². The summed E-state index contributed by atoms with van der Waals surface area (Å²) in [6.07, 6.45) is 2.60. The van der Waals surface area contributed by atoms with E-state index in [1.54, 1.807) is 0 Å². The summed E-state index contributed by atoms with van der Waals surface area (Å²) in [6, 6.07) is 11.3. The van der Waals surface area contributed by atoms with Crippen molar-refractivity contribution >= 4 is 5.97 Å². The van der Waals surface area contributed by atoms with Crippen molar-refractivity contribution in [3.05, 3.63) is 58.9 Å². The van der Waals surface area contributed by atoms with Gasteiger partial charge in [0.25, 0.3) is 0 Å². The average molecular weight is 325 g/mol. The van der Waals surface area contributed by atoms with Crippen LogP contribution in [0.15, 0.2) is 36.4 Å². The molecule has 1 aromatic carbocycles. The molecule has 0 fully saturated rings. The lowest BCUT2D eigenvalue weighted by Gasteiger charge is -2.18. The van der Waals surface area contributed by atoms with Gasteiger partial charge in [-0.2, -0.15) is 0 Å². The maximum absolute atomic E-state index is 12.5. The molecule has 3 nitrogen and oxygen atoms in total. The first-order valence-electron chi connectivity index (χ1n) is 8.56. The first-order valence-corrected chi connectivity index (χ1v) is 8.56. The highest BCUT2D eigenvalue weighted by atomic mass is 16.5. The summed E-state index contributed by atoms with van der Waals surface area (Å²) in [4.78, 5) is 17.3. The third-order valence-electron chi connectivity index (χ3n) is 3.68. The van der Waals surface area contributed by atoms with E-state index < -0.39 is 0 Å². The van der Waals surface area contributed by atoms with Crippen molar-refractivity contribution in [2.24, 2.45) is 5.41 Å². The van der Waals surface area contributed by atoms with Crippen LogP contribution in [0.4, 0.5) is 0 Å². The highest BCUT2D eigenvalue weighted by molar-refractivity contribution is 5.92. The second-order valence-corrected chi connectivity index (χ2v) is 7.49. The van der Waals surface area contributed by atoms with Gasteiger partial charge in [-0.1, -0.05) is 51.8 Å². The van der Waals surface area contributed by atoms with Gasteiger partial charge in [0.1, 0.15) is 5.75 Å². The molecule has 3 heteroatoms. The molecular formula is C21H27NO2. The highest BCUT2D eigenvalue weighted by Gasteiger charge is 2.18. The molecule has 0 amide bonds. The lowest BCUT2D eigenvalue weighted by Crippen LogP contribution is -2.16. The van der Waals surface area contributed by atoms with Crippen LogP contribution < -0.4 is 4.74 Å². The van der Waals surface area contributed by atoms with Crippen LogP contribution in [-0.2, 0) is 12.8 Å². The van der Waals surface area contributed by atoms with E-state index >= 15 is 0 Å². The summed E-state index contributed by atoms with van der Waals surface area (Å²) >= 11 is 0. The fraction of sp³-hybridized carbons (Fsp3) is 0.429. The van der Waals surface area contributed by atoms with Crippen molar-refractivity contribution < 1.29 is 9.53 Å². The Labute approximate surface area is 145 Å². The number of hydrogen-bond donors (Lipinski definition) is 0. The predicted octanol–water partition coefficient (Wildman–Crippen LogP) is 5.15. The van der Waals surface area contributed by atoms with Crippen LogP contribution in [0.2, 0.25) is 0 Å². The minimum Gasteiger partial charge on any atom is -0.423 e. The Kier molecular flexibility index (Phi) is 5.76. The van der Waals surface area contributed by atoms with Crippen molar-refractivity contribution in [2.45, 2.75) is 53.9 Å². The van der Waals surface area contributed by atoms with Crippen LogP contribution in [0.25, 0.3) is 0 Å². The maximum atomic E-state index is 12.5. The van der Waals surface area contributed by atoms with Gasteiger partial charge in [0.2, 0.25) is 0 Å². The molecule has 0 atom stereocenters. The topological polar surface area (TPSA) is 39.2 Å². The fourth-order valence-corrected chi connectivity index (χ4v) is 2.57. The van der Waals surface area contributed by atoms with Crippen LogP contribution in [0.3, 0.4) is 0 Å². The van der Waals surface area contributed by atoms with E-state index in [1.807, 2.05) is 43.3 Å². The smallest absolute Gasteiger partial charge is 0.345 e. The summed E-state index contributed by atoms with van der Waals surface area (Å²) in [5, 5.41) is 0. The van der Waals surface area contributed by atoms with Gasteiger partial charge in [-0.3, -0.25) is 4.98 Å². The average Bonchev–Trinajstić information content (AvgIpc) is 2.48. The summed E-state index contributed by atoms with van der Waals surface area (Å²) in [7, 11) is 0. The second kappa shape index (κ2) is 7.61. The Morgan fingerprint density at radius 3 is 2.33 bits per heavy atom. The lowest BCUT2D eigenvalue weighted by atomic mass is 9.90. The van der Waals surface area contributed by atoms with Gasteiger partial charge in [-0.05, 0) is 49.4 Å². The van der Waals surface area contributed by atoms with Crippen LogP contribution in [0.1, 0.15) is 61.4 Å². The molecule has 128 valence electrons. The largest absolute Gasteiger partial charge is 0.423 e. The number of aromatic nitrogens is 1. The highest BCUT2D eigenvalue weighted by Crippen LogP contribution is 2.22. The third kappa shape index (κ3) is 5.19. The molecule has 0 aliphatic carbocycles. The molecule has 0 unspecified atom stereocenters. The molecule has 2 rings (SSSR count). The monoisotopic (exact) mass is 325 g/mol. The quantitative estimate of drug-likeness (QED) is 0.563. The SMILES string of the molecule is CCCc1nc(CC(C)(C)C)ccc1C(=O)Oc1ccc(C)cc1. The van der Waals surface area contributed by atoms with Crippen LogP contribution in [0, 0.1) is 12.3 Å². The standard InChI is InChI=1S/C21H27NO2/c1-6-7-19-18(13-10-16(22-19)14-21(3,4)5)20(23)24-17-11-8-15(2)9-12-17/h8-13H,6-7,14H2,1-5H3. The number of carbonyl (C=O) groups excluding carboxylic acids is 1. The number of nitrogens with zero attached hydrogens (tertiary/aromatic N) is 1. The summed E-state index contributed by atoms with van der Waals surface area (Å²) in [6.45, 7) is 10.7. The van der Waals surface area contributed by atoms with Gasteiger partial charge in [-0.15, -0.1) is 0 Å². The number of aryl methyl sites for hydroxylation is 2. The minimum absolute atomic E-state index is 0.167. The van der Waals surface area contributed by atoms with Gasteiger partial charge in [0.05, 0.1) is 11.3 Å². The zero-order valence-electron chi connectivity index (χ0n) is 15.3. The number of carbonyl (C=O) groups is 1. The zero-order valence-corrected chi connectivity index (χ0v) is 15.3. The fourth-order valence-electron chi connectivity index (χ4n) is 2.57. The molecular weight excluding hydrogens is 298 g/mol. The van der Waals surface area contributed by atoms with E-state index in [9.17, 15) is 4.79 Å². The van der Waals surface area contributed by atoms with E-state index in [-0.39, 0.29) is 11.4 Å². The zero-order chi connectivity index (χ0) is 17.7. The summed E-state index contributed by atoms with van der Waals surface area (Å²) in [5.41, 5.74) is 3.72. The van der Waals surface area contributed by atoms with Crippen LogP contribution in [0.5, 0.6) is 5.75 Å². The number of hydrogen-bond acceptors (Lipinski definition) is 3. The van der Waals surface area contributed by atoms with E-state index in [0.29, 0.717) is 11.3 Å². The second-order valence-electron chi connectivity index (χ2n) is 7.49. The van der Waals surface area contributed by atoms with Gasteiger partial charge in [0, 0.05) is 5.69 Å². The number of pyridine rings is 1. The van der Waals surface area contributed by atoms with Crippen molar-refractivity contribution in [3.63, 3.8) is 0 Å². The Morgan fingerprint density at radius 1 is 1.08 bits per heavy atom. The van der Waals surface area contributed by atoms with Crippen LogP contribution >= 0.6 is 0 Å². The molecule has 1 aromatic heterocycles. The van der Waals surface area contributed by atoms with Gasteiger partial charge in [-0.25, -0.2) is 4.79 Å². The van der Waals surface area contributed by atoms with Gasteiger partial charge in [0.15, 0.2) is 0 Å². The maximum Gasteiger partial charge on any atom is 0.345 e. The first-order chi connectivity index (χ1) is 11.3. The minimum atomic E-state index is -0.336. The van der Waals surface area contributed by atoms with E-state index in [4.69, 9.17) is 9.72 Å². The molecule has 0 spiro atoms. The summed E-state index contributed by atoms with van der Waals surface area (Å²) in [5.74, 6) is 0.226. The number of benzene rings is 1. The Balaban J connectivity index is 2.24. The molecule has 0 N–H and O–H groups in total. The van der Waals surface area contributed by atoms with Crippen molar-refractivity contribution in [3.8, 4) is 5.75 Å². The van der Waals surface area contributed by atoms with Crippen molar-refractivity contribution in [1.29, 1.82) is 0 Å². The number of ether oxygens (including phenoxy) is 1. The molecule has 0 aliphatic heterocycles. The Hall–Kier alpha value is -2.16. The van der Waals surface area contributed by atoms with E-state index in [2.05, 4.69) is 27.7 Å². The molecule has 1 heterocycles. The van der Waals surface area contributed by atoms with Crippen LogP contribution in [-0.4, -0.2) is 11.0 Å². The lowest BCUT2D eigenvalue weighted by molar-refractivity contribution is 0.0733. The molecule has 0 bridgehead atoms. The van der Waals surface area contributed by atoms with Gasteiger partial charge >= 0.3 is 5.97 Å². The molecule has 2 aromatic rings. The van der Waals surface area contributed by atoms with Crippen molar-refractivity contribution in [1.82, 2.24) is 4.98 Å². The predicted molar refractivity (Wildman–Crippen MR) is 97.5 cm³/mol. The summed E-state index contributed by atoms with van der Waals surface area (Å²) < 4.78 is 5.50. The molecule has 24 heavy (non-hydrogen) atoms. The third-order valence-corrected chi connectivity index (χ3v) is 3.68. The van der Waals surface area contributed by atoms with E-state index in [0.717, 1.165) is 36.2 Å². The first kappa shape index (κ1) is 18.2. The number of esters is 1. The molecule has 0 aliphatic rings. The molecule has 0 saturated carbocycles. The number of rotatable bonds is 5.